The van der Waals surface area contributed by atoms with E-state index in [0.29, 0.717) is 30.5 Å². The van der Waals surface area contributed by atoms with Crippen molar-refractivity contribution in [3.8, 4) is 0 Å². The van der Waals surface area contributed by atoms with Gasteiger partial charge in [0.25, 0.3) is 5.13 Å². The molecule has 3 rings (SSSR count). The van der Waals surface area contributed by atoms with Crippen molar-refractivity contribution in [3.05, 3.63) is 34.1 Å². The summed E-state index contributed by atoms with van der Waals surface area (Å²) in [7, 11) is -1.31. The van der Waals surface area contributed by atoms with Crippen LogP contribution in [0.1, 0.15) is 35.1 Å². The normalized spacial score (nSPS) is 18.7. The summed E-state index contributed by atoms with van der Waals surface area (Å²) in [5.74, 6) is -2.49. The zero-order valence-electron chi connectivity index (χ0n) is 22.0. The van der Waals surface area contributed by atoms with E-state index in [1.165, 1.54) is 26.4 Å². The molecular formula is C22H23F7N6O5S2. The van der Waals surface area contributed by atoms with Gasteiger partial charge in [-0.1, -0.05) is 18.3 Å². The number of esters is 1. The standard InChI is InChI=1S/C22H23F7N6O5S2/c1-5-15(38-2)35-14-10-13(34-42(4,37)19(23)24)9-12(8-11(14)6-7-16(35)39-3)30-32-20-33-31-17(41-20)18(36)40-22(28,29)21(25,26)27/h8-10,15-16,19H,4-7H2,1-3H3. The third-order valence-electron chi connectivity index (χ3n) is 5.61. The molecule has 1 aliphatic heterocycles. The molecule has 0 radical (unpaired) electrons. The van der Waals surface area contributed by atoms with Crippen LogP contribution in [0.4, 0.5) is 47.2 Å². The van der Waals surface area contributed by atoms with E-state index in [4.69, 9.17) is 9.47 Å². The Bertz CT molecular complexity index is 1500. The number of carbonyl (C=O) groups is 1. The molecule has 0 saturated heterocycles. The molecule has 42 heavy (non-hydrogen) atoms. The number of hydrogen-bond donors (Lipinski definition) is 0. The molecule has 0 fully saturated rings. The molecule has 20 heteroatoms. The maximum atomic E-state index is 13.4. The van der Waals surface area contributed by atoms with Crippen LogP contribution in [0.3, 0.4) is 0 Å². The number of fused-ring (bicyclic) bond motifs is 1. The number of rotatable bonds is 10. The first-order valence-electron chi connectivity index (χ1n) is 11.7. The highest BCUT2D eigenvalue weighted by atomic mass is 32.2. The molecule has 1 aromatic carbocycles. The van der Waals surface area contributed by atoms with E-state index in [1.54, 1.807) is 4.90 Å². The van der Waals surface area contributed by atoms with E-state index in [0.717, 1.165) is 6.07 Å². The Hall–Kier alpha value is -3.23. The van der Waals surface area contributed by atoms with Crippen molar-refractivity contribution in [2.45, 2.75) is 56.7 Å². The summed E-state index contributed by atoms with van der Waals surface area (Å²) >= 11 is 0.192. The Morgan fingerprint density at radius 1 is 1.19 bits per heavy atom. The third kappa shape index (κ3) is 7.58. The van der Waals surface area contributed by atoms with Gasteiger partial charge < -0.3 is 19.1 Å². The van der Waals surface area contributed by atoms with Crippen LogP contribution in [0, 0.1) is 0 Å². The lowest BCUT2D eigenvalue weighted by Crippen LogP contribution is -2.48. The van der Waals surface area contributed by atoms with Crippen molar-refractivity contribution in [2.75, 3.05) is 19.1 Å². The lowest BCUT2D eigenvalue weighted by Gasteiger charge is -2.41. The van der Waals surface area contributed by atoms with Gasteiger partial charge in [0.05, 0.1) is 11.0 Å². The molecular weight excluding hydrogens is 625 g/mol. The van der Waals surface area contributed by atoms with Gasteiger partial charge in [-0.15, -0.1) is 20.4 Å². The molecule has 0 aliphatic carbocycles. The molecule has 2 aromatic rings. The molecule has 0 N–H and O–H groups in total. The fourth-order valence-electron chi connectivity index (χ4n) is 3.77. The first-order chi connectivity index (χ1) is 19.5. The van der Waals surface area contributed by atoms with Gasteiger partial charge in [0.1, 0.15) is 22.2 Å². The first-order valence-corrected chi connectivity index (χ1v) is 14.2. The minimum absolute atomic E-state index is 0.0383. The fraction of sp³-hybridized carbons (Fsp3) is 0.500. The number of carbonyl (C=O) groups excluding carboxylic acids is 1. The number of aromatic nitrogens is 2. The van der Waals surface area contributed by atoms with Crippen LogP contribution in [0.25, 0.3) is 0 Å². The summed E-state index contributed by atoms with van der Waals surface area (Å²) in [6.07, 6.45) is -11.5. The minimum atomic E-state index is -6.15. The number of anilines is 1. The largest absolute Gasteiger partial charge is 0.501 e. The molecule has 1 aliphatic rings. The second-order valence-electron chi connectivity index (χ2n) is 8.46. The molecule has 3 unspecified atom stereocenters. The van der Waals surface area contributed by atoms with E-state index < -0.39 is 56.3 Å². The summed E-state index contributed by atoms with van der Waals surface area (Å²) in [6.45, 7) is 1.85. The number of azo groups is 1. The smallest absolute Gasteiger partial charge is 0.388 e. The van der Waals surface area contributed by atoms with Crippen molar-refractivity contribution >= 4 is 49.4 Å². The molecule has 0 bridgehead atoms. The molecule has 232 valence electrons. The van der Waals surface area contributed by atoms with E-state index >= 15 is 0 Å². The molecule has 11 nitrogen and oxygen atoms in total. The Morgan fingerprint density at radius 3 is 2.45 bits per heavy atom. The SMILES string of the molecule is C=S(=O)(N=c1cc(N=Nc2nnc(C(=O)OC(F)(F)C(F)(F)F)s2)cc2c(c1)N(C(CC)OC)C(OC)CC2)C(F)F. The second-order valence-corrected chi connectivity index (χ2v) is 11.3. The minimum Gasteiger partial charge on any atom is -0.388 e. The highest BCUT2D eigenvalue weighted by Gasteiger charge is 2.62. The summed E-state index contributed by atoms with van der Waals surface area (Å²) in [5.41, 5.74) is 1.01. The predicted molar refractivity (Wildman–Crippen MR) is 136 cm³/mol. The Kier molecular flexibility index (Phi) is 10.3. The van der Waals surface area contributed by atoms with Crippen molar-refractivity contribution in [1.82, 2.24) is 10.2 Å². The van der Waals surface area contributed by atoms with Gasteiger partial charge in [-0.3, -0.25) is 0 Å². The molecule has 0 saturated carbocycles. The number of nitrogens with zero attached hydrogens (tertiary/aromatic N) is 6. The van der Waals surface area contributed by atoms with Gasteiger partial charge in [-0.2, -0.15) is 35.1 Å². The van der Waals surface area contributed by atoms with E-state index in [1.807, 2.05) is 6.92 Å². The summed E-state index contributed by atoms with van der Waals surface area (Å²) in [6, 6.07) is 4.05. The maximum Gasteiger partial charge on any atom is 0.501 e. The van der Waals surface area contributed by atoms with Crippen LogP contribution < -0.4 is 10.3 Å². The van der Waals surface area contributed by atoms with Crippen LogP contribution in [0.15, 0.2) is 32.8 Å². The number of halogens is 7. The van der Waals surface area contributed by atoms with Crippen molar-refractivity contribution in [1.29, 1.82) is 0 Å². The predicted octanol–water partition coefficient (Wildman–Crippen LogP) is 5.13. The number of hydrogen-bond acceptors (Lipinski definition) is 11. The van der Waals surface area contributed by atoms with E-state index in [2.05, 4.69) is 35.4 Å². The van der Waals surface area contributed by atoms with E-state index in [-0.39, 0.29) is 22.4 Å². The van der Waals surface area contributed by atoms with Crippen molar-refractivity contribution in [2.24, 2.45) is 14.6 Å². The molecule has 3 atom stereocenters. The quantitative estimate of drug-likeness (QED) is 0.150. The van der Waals surface area contributed by atoms with Crippen LogP contribution in [-0.4, -0.2) is 71.0 Å². The molecule has 0 amide bonds. The van der Waals surface area contributed by atoms with Crippen molar-refractivity contribution < 1.29 is 53.9 Å². The van der Waals surface area contributed by atoms with Crippen LogP contribution in [0.5, 0.6) is 0 Å². The fourth-order valence-corrected chi connectivity index (χ4v) is 4.85. The highest BCUT2D eigenvalue weighted by Crippen LogP contribution is 2.38. The summed E-state index contributed by atoms with van der Waals surface area (Å²) < 4.78 is 120. The molecule has 2 heterocycles. The number of methoxy groups -OCH3 is 2. The Balaban J connectivity index is 2.08. The first kappa shape index (κ1) is 33.3. The van der Waals surface area contributed by atoms with Gasteiger partial charge in [-0.05, 0) is 48.9 Å². The maximum absolute atomic E-state index is 13.4. The number of ether oxygens (including phenoxy) is 3. The third-order valence-corrected chi connectivity index (χ3v) is 7.48. The van der Waals surface area contributed by atoms with Gasteiger partial charge in [0.2, 0.25) is 5.01 Å². The second kappa shape index (κ2) is 13.0. The molecule has 1 aromatic heterocycles. The number of aryl methyl sites for hydroxylation is 1. The average Bonchev–Trinajstić information content (AvgIpc) is 3.30. The van der Waals surface area contributed by atoms with Gasteiger partial charge in [-0.25, -0.2) is 9.00 Å². The zero-order chi connectivity index (χ0) is 31.5. The van der Waals surface area contributed by atoms with Gasteiger partial charge in [0.15, 0.2) is 0 Å². The lowest BCUT2D eigenvalue weighted by molar-refractivity contribution is -0.370. The zero-order valence-corrected chi connectivity index (χ0v) is 23.6. The van der Waals surface area contributed by atoms with Crippen LogP contribution in [-0.2, 0) is 30.3 Å². The highest BCUT2D eigenvalue weighted by molar-refractivity contribution is 7.99. The van der Waals surface area contributed by atoms with Gasteiger partial charge in [0, 0.05) is 19.9 Å². The summed E-state index contributed by atoms with van der Waals surface area (Å²) in [5, 5.41) is 12.5. The average molecular weight is 649 g/mol. The van der Waals surface area contributed by atoms with Crippen LogP contribution >= 0.6 is 11.3 Å². The molecule has 0 spiro atoms. The Morgan fingerprint density at radius 2 is 1.88 bits per heavy atom. The van der Waals surface area contributed by atoms with Crippen molar-refractivity contribution in [3.63, 3.8) is 0 Å². The van der Waals surface area contributed by atoms with E-state index in [9.17, 15) is 39.7 Å². The monoisotopic (exact) mass is 648 g/mol. The van der Waals surface area contributed by atoms with Crippen LogP contribution in [0.2, 0.25) is 0 Å². The summed E-state index contributed by atoms with van der Waals surface area (Å²) in [4.78, 5) is 13.5. The Labute approximate surface area is 238 Å². The topological polar surface area (TPSA) is 128 Å². The van der Waals surface area contributed by atoms with Gasteiger partial charge >= 0.3 is 24.0 Å². The lowest BCUT2D eigenvalue weighted by atomic mass is 10.0. The number of alkyl halides is 7.